The Morgan fingerprint density at radius 1 is 1.11 bits per heavy atom. The highest BCUT2D eigenvalue weighted by Gasteiger charge is 2.22. The summed E-state index contributed by atoms with van der Waals surface area (Å²) in [4.78, 5) is 22.1. The summed E-state index contributed by atoms with van der Waals surface area (Å²) in [5.41, 5.74) is 12.8. The van der Waals surface area contributed by atoms with Gasteiger partial charge < -0.3 is 11.1 Å². The van der Waals surface area contributed by atoms with E-state index in [0.29, 0.717) is 25.1 Å². The van der Waals surface area contributed by atoms with E-state index in [1.54, 1.807) is 0 Å². The van der Waals surface area contributed by atoms with Crippen LogP contribution >= 0.6 is 0 Å². The molecule has 0 atom stereocenters. The minimum Gasteiger partial charge on any atom is -0.399 e. The van der Waals surface area contributed by atoms with Gasteiger partial charge in [0, 0.05) is 17.7 Å². The van der Waals surface area contributed by atoms with Crippen LogP contribution in [0, 0.1) is 0 Å². The van der Waals surface area contributed by atoms with E-state index in [2.05, 4.69) is 5.32 Å². The van der Waals surface area contributed by atoms with Crippen molar-refractivity contribution in [1.29, 1.82) is 0 Å². The molecule has 5 heteroatoms. The maximum absolute atomic E-state index is 12.5. The van der Waals surface area contributed by atoms with Gasteiger partial charge in [-0.15, -0.1) is 0 Å². The van der Waals surface area contributed by atoms with Crippen LogP contribution in [0.2, 0.25) is 0 Å². The van der Waals surface area contributed by atoms with E-state index in [0.717, 1.165) is 46.7 Å². The number of aryl methyl sites for hydroxylation is 4. The second kappa shape index (κ2) is 7.80. The third-order valence-corrected chi connectivity index (χ3v) is 5.13. The molecule has 1 amide bonds. The van der Waals surface area contributed by atoms with Crippen molar-refractivity contribution in [2.45, 2.75) is 39.0 Å². The average molecular weight is 372 g/mol. The zero-order valence-electron chi connectivity index (χ0n) is 16.0. The topological polar surface area (TPSA) is 80.9 Å². The fraction of sp³-hybridized carbons (Fsp3) is 0.261. The van der Waals surface area contributed by atoms with E-state index in [1.165, 1.54) is 5.56 Å². The van der Waals surface area contributed by atoms with Gasteiger partial charge in [0.2, 0.25) is 5.91 Å². The molecule has 5 nitrogen and oxygen atoms in total. The Morgan fingerprint density at radius 2 is 1.93 bits per heavy atom. The molecule has 0 bridgehead atoms. The van der Waals surface area contributed by atoms with Gasteiger partial charge >= 0.3 is 0 Å². The van der Waals surface area contributed by atoms with Gasteiger partial charge in [-0.25, -0.2) is 9.97 Å². The smallest absolute Gasteiger partial charge is 0.225 e. The minimum atomic E-state index is -0.0308. The Balaban J connectivity index is 1.55. The van der Waals surface area contributed by atoms with Gasteiger partial charge in [0.05, 0.1) is 17.1 Å². The highest BCUT2D eigenvalue weighted by Crippen LogP contribution is 2.33. The van der Waals surface area contributed by atoms with Gasteiger partial charge in [-0.05, 0) is 48.9 Å². The molecular weight excluding hydrogens is 348 g/mol. The van der Waals surface area contributed by atoms with Crippen LogP contribution in [-0.2, 0) is 30.5 Å². The van der Waals surface area contributed by atoms with E-state index in [9.17, 15) is 4.79 Å². The van der Waals surface area contributed by atoms with E-state index in [-0.39, 0.29) is 5.91 Å². The zero-order chi connectivity index (χ0) is 19.5. The number of nitrogen functional groups attached to an aromatic ring is 1. The summed E-state index contributed by atoms with van der Waals surface area (Å²) in [5, 5.41) is 2.98. The summed E-state index contributed by atoms with van der Waals surface area (Å²) in [5.74, 6) is 0.565. The lowest BCUT2D eigenvalue weighted by Crippen LogP contribution is -2.18. The first-order valence-electron chi connectivity index (χ1n) is 9.76. The average Bonchev–Trinajstić information content (AvgIpc) is 2.72. The van der Waals surface area contributed by atoms with Crippen molar-refractivity contribution in [2.24, 2.45) is 0 Å². The molecule has 142 valence electrons. The Bertz CT molecular complexity index is 1010. The minimum absolute atomic E-state index is 0.0308. The third kappa shape index (κ3) is 3.74. The highest BCUT2D eigenvalue weighted by atomic mass is 16.1. The van der Waals surface area contributed by atoms with Crippen LogP contribution < -0.4 is 11.1 Å². The van der Waals surface area contributed by atoms with Crippen molar-refractivity contribution in [3.63, 3.8) is 0 Å². The lowest BCUT2D eigenvalue weighted by Gasteiger charge is -2.21. The molecule has 0 unspecified atom stereocenters. The van der Waals surface area contributed by atoms with Gasteiger partial charge in [0.1, 0.15) is 0 Å². The molecule has 3 N–H and O–H groups in total. The van der Waals surface area contributed by atoms with E-state index in [1.807, 2.05) is 55.5 Å². The van der Waals surface area contributed by atoms with Crippen molar-refractivity contribution in [3.8, 4) is 11.3 Å². The van der Waals surface area contributed by atoms with Crippen LogP contribution in [0.25, 0.3) is 11.3 Å². The van der Waals surface area contributed by atoms with Crippen molar-refractivity contribution >= 4 is 17.4 Å². The summed E-state index contributed by atoms with van der Waals surface area (Å²) in [6, 6.07) is 16.0. The first-order chi connectivity index (χ1) is 13.6. The summed E-state index contributed by atoms with van der Waals surface area (Å²) >= 11 is 0. The second-order valence-electron chi connectivity index (χ2n) is 7.12. The van der Waals surface area contributed by atoms with Crippen LogP contribution in [0.4, 0.5) is 11.5 Å². The summed E-state index contributed by atoms with van der Waals surface area (Å²) in [6.45, 7) is 2.03. The molecule has 1 aromatic heterocycles. The quantitative estimate of drug-likeness (QED) is 0.664. The largest absolute Gasteiger partial charge is 0.399 e. The molecule has 3 aromatic rings. The number of anilines is 2. The van der Waals surface area contributed by atoms with Gasteiger partial charge in [0.25, 0.3) is 0 Å². The van der Waals surface area contributed by atoms with Gasteiger partial charge in [-0.3, -0.25) is 4.79 Å². The third-order valence-electron chi connectivity index (χ3n) is 5.13. The number of carbonyl (C=O) groups is 1. The summed E-state index contributed by atoms with van der Waals surface area (Å²) in [6.07, 6.45) is 3.53. The molecule has 1 heterocycles. The fourth-order valence-corrected chi connectivity index (χ4v) is 3.64. The van der Waals surface area contributed by atoms with Gasteiger partial charge in [-0.1, -0.05) is 43.3 Å². The van der Waals surface area contributed by atoms with Crippen molar-refractivity contribution in [3.05, 3.63) is 71.0 Å². The second-order valence-corrected chi connectivity index (χ2v) is 7.12. The number of nitrogens with one attached hydrogen (secondary N) is 1. The number of aromatic nitrogens is 2. The summed E-state index contributed by atoms with van der Waals surface area (Å²) < 4.78 is 0. The molecule has 0 spiro atoms. The van der Waals surface area contributed by atoms with Crippen molar-refractivity contribution < 1.29 is 4.79 Å². The summed E-state index contributed by atoms with van der Waals surface area (Å²) in [7, 11) is 0. The standard InChI is InChI=1S/C23H24N4O/c1-2-19-23(27-21(28)13-8-15-6-4-3-5-7-15)26-20-12-9-16-14-17(24)10-11-18(16)22(20)25-19/h3-7,10-11,14H,2,8-9,12-13,24H2,1H3,(H,26,27,28). The van der Waals surface area contributed by atoms with Crippen molar-refractivity contribution in [2.75, 3.05) is 11.1 Å². The number of carbonyl (C=O) groups excluding carboxylic acids is 1. The van der Waals surface area contributed by atoms with Crippen LogP contribution in [0.1, 0.15) is 35.9 Å². The van der Waals surface area contributed by atoms with Crippen LogP contribution in [0.5, 0.6) is 0 Å². The number of hydrogen-bond acceptors (Lipinski definition) is 4. The van der Waals surface area contributed by atoms with Gasteiger partial charge in [-0.2, -0.15) is 0 Å². The number of nitrogens with zero attached hydrogens (tertiary/aromatic N) is 2. The Hall–Kier alpha value is -3.21. The molecule has 4 rings (SSSR count). The number of fused-ring (bicyclic) bond motifs is 3. The monoisotopic (exact) mass is 372 g/mol. The molecule has 0 fully saturated rings. The highest BCUT2D eigenvalue weighted by molar-refractivity contribution is 5.90. The van der Waals surface area contributed by atoms with E-state index in [4.69, 9.17) is 15.7 Å². The molecule has 2 aromatic carbocycles. The lowest BCUT2D eigenvalue weighted by molar-refractivity contribution is -0.116. The predicted molar refractivity (Wildman–Crippen MR) is 112 cm³/mol. The number of rotatable bonds is 5. The van der Waals surface area contributed by atoms with Crippen LogP contribution in [-0.4, -0.2) is 15.9 Å². The normalized spacial score (nSPS) is 12.2. The molecule has 1 aliphatic carbocycles. The Kier molecular flexibility index (Phi) is 5.06. The van der Waals surface area contributed by atoms with Crippen LogP contribution in [0.15, 0.2) is 48.5 Å². The van der Waals surface area contributed by atoms with Gasteiger partial charge in [0.15, 0.2) is 5.82 Å². The number of nitrogens with two attached hydrogens (primary N) is 1. The first-order valence-corrected chi connectivity index (χ1v) is 9.76. The molecule has 1 aliphatic rings. The molecule has 28 heavy (non-hydrogen) atoms. The predicted octanol–water partition coefficient (Wildman–Crippen LogP) is 3.96. The van der Waals surface area contributed by atoms with Crippen LogP contribution in [0.3, 0.4) is 0 Å². The maximum Gasteiger partial charge on any atom is 0.225 e. The zero-order valence-corrected chi connectivity index (χ0v) is 16.0. The SMILES string of the molecule is CCc1nc2c(nc1NC(=O)CCc1ccccc1)CCc1cc(N)ccc1-2. The molecule has 0 radical (unpaired) electrons. The number of hydrogen-bond donors (Lipinski definition) is 2. The fourth-order valence-electron chi connectivity index (χ4n) is 3.64. The van der Waals surface area contributed by atoms with E-state index >= 15 is 0 Å². The van der Waals surface area contributed by atoms with E-state index < -0.39 is 0 Å². The maximum atomic E-state index is 12.5. The molecule has 0 saturated carbocycles. The molecule has 0 aliphatic heterocycles. The Morgan fingerprint density at radius 3 is 2.71 bits per heavy atom. The first kappa shape index (κ1) is 18.2. The Labute approximate surface area is 165 Å². The lowest BCUT2D eigenvalue weighted by atomic mass is 9.91. The van der Waals surface area contributed by atoms with Crippen molar-refractivity contribution in [1.82, 2.24) is 9.97 Å². The number of amides is 1. The number of benzene rings is 2. The molecule has 0 saturated heterocycles. The molecular formula is C23H24N4O.